The van der Waals surface area contributed by atoms with E-state index in [9.17, 15) is 4.79 Å². The van der Waals surface area contributed by atoms with Gasteiger partial charge in [0.1, 0.15) is 16.8 Å². The zero-order valence-electron chi connectivity index (χ0n) is 17.5. The first-order valence-electron chi connectivity index (χ1n) is 9.95. The number of amides is 1. The van der Waals surface area contributed by atoms with E-state index in [-0.39, 0.29) is 5.91 Å². The number of carbonyl (C=O) groups excluding carboxylic acids is 1. The molecule has 0 saturated heterocycles. The molecule has 0 saturated carbocycles. The highest BCUT2D eigenvalue weighted by Crippen LogP contribution is 2.33. The van der Waals surface area contributed by atoms with Gasteiger partial charge < -0.3 is 10.1 Å². The fourth-order valence-corrected chi connectivity index (χ4v) is 4.66. The van der Waals surface area contributed by atoms with Crippen molar-refractivity contribution in [2.75, 3.05) is 12.4 Å². The lowest BCUT2D eigenvalue weighted by Crippen LogP contribution is -2.07. The van der Waals surface area contributed by atoms with E-state index in [4.69, 9.17) is 4.74 Å². The van der Waals surface area contributed by atoms with Gasteiger partial charge in [-0.2, -0.15) is 4.80 Å². The maximum Gasteiger partial charge on any atom is 0.248 e. The molecule has 162 valence electrons. The Hall–Kier alpha value is -2.97. The van der Waals surface area contributed by atoms with Crippen LogP contribution in [0.25, 0.3) is 22.8 Å². The van der Waals surface area contributed by atoms with E-state index in [1.165, 1.54) is 11.6 Å². The molecule has 8 heteroatoms. The second-order valence-electron chi connectivity index (χ2n) is 7.05. The maximum atomic E-state index is 12.5. The van der Waals surface area contributed by atoms with Gasteiger partial charge in [-0.1, -0.05) is 35.0 Å². The van der Waals surface area contributed by atoms with E-state index >= 15 is 0 Å². The van der Waals surface area contributed by atoms with Gasteiger partial charge in [0, 0.05) is 21.8 Å². The first-order chi connectivity index (χ1) is 15.5. The molecule has 4 aromatic rings. The molecule has 0 bridgehead atoms. The average molecular weight is 556 g/mol. The Morgan fingerprint density at radius 2 is 1.81 bits per heavy atom. The van der Waals surface area contributed by atoms with Crippen molar-refractivity contribution in [2.45, 2.75) is 13.3 Å². The van der Waals surface area contributed by atoms with Crippen LogP contribution in [0, 0.1) is 0 Å². The molecule has 0 aliphatic heterocycles. The average Bonchev–Trinajstić information content (AvgIpc) is 3.21. The number of rotatable bonds is 6. The third-order valence-electron chi connectivity index (χ3n) is 4.88. The van der Waals surface area contributed by atoms with Crippen molar-refractivity contribution < 1.29 is 9.53 Å². The van der Waals surface area contributed by atoms with Crippen LogP contribution < -0.4 is 10.1 Å². The van der Waals surface area contributed by atoms with Crippen LogP contribution in [-0.2, 0) is 11.2 Å². The molecule has 1 heterocycles. The van der Waals surface area contributed by atoms with Gasteiger partial charge in [0.2, 0.25) is 5.91 Å². The van der Waals surface area contributed by atoms with Gasteiger partial charge in [-0.25, -0.2) is 0 Å². The van der Waals surface area contributed by atoms with Gasteiger partial charge in [-0.05, 0) is 76.5 Å². The molecule has 6 nitrogen and oxygen atoms in total. The van der Waals surface area contributed by atoms with Crippen LogP contribution in [0.2, 0.25) is 0 Å². The number of nitrogens with zero attached hydrogens (tertiary/aromatic N) is 3. The fourth-order valence-electron chi connectivity index (χ4n) is 3.24. The topological polar surface area (TPSA) is 69.0 Å². The summed E-state index contributed by atoms with van der Waals surface area (Å²) < 4.78 is 7.09. The van der Waals surface area contributed by atoms with Crippen LogP contribution in [-0.4, -0.2) is 28.0 Å². The zero-order valence-corrected chi connectivity index (χ0v) is 20.6. The Kier molecular flexibility index (Phi) is 6.72. The summed E-state index contributed by atoms with van der Waals surface area (Å²) >= 11 is 6.91. The SMILES string of the molecule is CCc1ccc(-n2nc3ccc(NC(=O)/C=C/c4cc(Br)cc(Br)c4OC)cc3n2)cc1. The van der Waals surface area contributed by atoms with Crippen LogP contribution in [0.3, 0.4) is 0 Å². The number of aryl methyl sites for hydroxylation is 1. The number of anilines is 1. The third kappa shape index (κ3) is 4.92. The van der Waals surface area contributed by atoms with Gasteiger partial charge in [-0.15, -0.1) is 10.2 Å². The highest BCUT2D eigenvalue weighted by atomic mass is 79.9. The first kappa shape index (κ1) is 22.2. The number of aromatic nitrogens is 3. The summed E-state index contributed by atoms with van der Waals surface area (Å²) in [6.07, 6.45) is 4.16. The number of ether oxygens (including phenoxy) is 1. The van der Waals surface area contributed by atoms with Gasteiger partial charge in [0.25, 0.3) is 0 Å². The zero-order chi connectivity index (χ0) is 22.7. The molecule has 1 aromatic heterocycles. The highest BCUT2D eigenvalue weighted by molar-refractivity contribution is 9.11. The lowest BCUT2D eigenvalue weighted by Gasteiger charge is -2.08. The summed E-state index contributed by atoms with van der Waals surface area (Å²) in [7, 11) is 1.59. The Morgan fingerprint density at radius 3 is 2.53 bits per heavy atom. The summed E-state index contributed by atoms with van der Waals surface area (Å²) in [6.45, 7) is 2.12. The maximum absolute atomic E-state index is 12.5. The number of carbonyl (C=O) groups is 1. The predicted octanol–water partition coefficient (Wildman–Crippen LogP) is 6.17. The molecule has 1 amide bonds. The summed E-state index contributed by atoms with van der Waals surface area (Å²) in [5.74, 6) is 0.396. The molecule has 0 unspecified atom stereocenters. The summed E-state index contributed by atoms with van der Waals surface area (Å²) in [5, 5.41) is 11.9. The lowest BCUT2D eigenvalue weighted by molar-refractivity contribution is -0.111. The molecule has 0 fully saturated rings. The van der Waals surface area contributed by atoms with Crippen molar-refractivity contribution in [3.63, 3.8) is 0 Å². The number of methoxy groups -OCH3 is 1. The molecular formula is C24H20Br2N4O2. The van der Waals surface area contributed by atoms with E-state index in [0.717, 1.165) is 32.1 Å². The van der Waals surface area contributed by atoms with Crippen LogP contribution in [0.15, 0.2) is 69.6 Å². The van der Waals surface area contributed by atoms with Crippen LogP contribution >= 0.6 is 31.9 Å². The highest BCUT2D eigenvalue weighted by Gasteiger charge is 2.09. The van der Waals surface area contributed by atoms with Gasteiger partial charge in [0.15, 0.2) is 0 Å². The van der Waals surface area contributed by atoms with Crippen LogP contribution in [0.1, 0.15) is 18.1 Å². The summed E-state index contributed by atoms with van der Waals surface area (Å²) in [5.41, 5.74) is 5.02. The standard InChI is InChI=1S/C24H20Br2N4O2/c1-3-15-4-8-19(9-5-15)30-28-21-10-7-18(14-22(21)29-30)27-23(31)11-6-16-12-17(25)13-20(26)24(16)32-2/h4-14H,3H2,1-2H3,(H,27,31)/b11-6+. The largest absolute Gasteiger partial charge is 0.495 e. The number of fused-ring (bicyclic) bond motifs is 1. The quantitative estimate of drug-likeness (QED) is 0.289. The first-order valence-corrected chi connectivity index (χ1v) is 11.5. The molecule has 0 spiro atoms. The third-order valence-corrected chi connectivity index (χ3v) is 5.93. The molecule has 0 aliphatic rings. The molecule has 32 heavy (non-hydrogen) atoms. The van der Waals surface area contributed by atoms with Crippen molar-refractivity contribution in [1.82, 2.24) is 15.0 Å². The van der Waals surface area contributed by atoms with Crippen molar-refractivity contribution in [3.8, 4) is 11.4 Å². The summed E-state index contributed by atoms with van der Waals surface area (Å²) in [4.78, 5) is 14.1. The Labute approximate surface area is 202 Å². The van der Waals surface area contributed by atoms with E-state index in [1.807, 2.05) is 36.4 Å². The van der Waals surface area contributed by atoms with Crippen LogP contribution in [0.4, 0.5) is 5.69 Å². The Balaban J connectivity index is 1.52. The van der Waals surface area contributed by atoms with E-state index < -0.39 is 0 Å². The minimum absolute atomic E-state index is 0.259. The molecule has 0 aliphatic carbocycles. The van der Waals surface area contributed by atoms with E-state index in [1.54, 1.807) is 24.0 Å². The van der Waals surface area contributed by atoms with Crippen molar-refractivity contribution in [2.24, 2.45) is 0 Å². The number of hydrogen-bond acceptors (Lipinski definition) is 4. The number of nitrogens with one attached hydrogen (secondary N) is 1. The van der Waals surface area contributed by atoms with Crippen LogP contribution in [0.5, 0.6) is 5.75 Å². The fraction of sp³-hybridized carbons (Fsp3) is 0.125. The molecule has 1 N–H and O–H groups in total. The molecular weight excluding hydrogens is 536 g/mol. The summed E-state index contributed by atoms with van der Waals surface area (Å²) in [6, 6.07) is 17.4. The number of halogens is 2. The van der Waals surface area contributed by atoms with Gasteiger partial charge >= 0.3 is 0 Å². The minimum Gasteiger partial charge on any atom is -0.495 e. The molecule has 0 radical (unpaired) electrons. The van der Waals surface area contributed by atoms with E-state index in [0.29, 0.717) is 17.0 Å². The Morgan fingerprint density at radius 1 is 1.06 bits per heavy atom. The lowest BCUT2D eigenvalue weighted by atomic mass is 10.2. The smallest absolute Gasteiger partial charge is 0.248 e. The van der Waals surface area contributed by atoms with Gasteiger partial charge in [-0.3, -0.25) is 4.79 Å². The number of hydrogen-bond donors (Lipinski definition) is 1. The predicted molar refractivity (Wildman–Crippen MR) is 134 cm³/mol. The van der Waals surface area contributed by atoms with Gasteiger partial charge in [0.05, 0.1) is 17.3 Å². The molecule has 0 atom stereocenters. The number of benzene rings is 3. The second kappa shape index (κ2) is 9.67. The molecule has 4 rings (SSSR count). The monoisotopic (exact) mass is 554 g/mol. The normalized spacial score (nSPS) is 11.2. The molecule has 3 aromatic carbocycles. The Bertz CT molecular complexity index is 1310. The van der Waals surface area contributed by atoms with Crippen molar-refractivity contribution in [3.05, 3.63) is 80.7 Å². The van der Waals surface area contributed by atoms with E-state index in [2.05, 4.69) is 66.4 Å². The van der Waals surface area contributed by atoms with Crippen molar-refractivity contribution >= 4 is 60.6 Å². The second-order valence-corrected chi connectivity index (χ2v) is 8.82. The minimum atomic E-state index is -0.259. The van der Waals surface area contributed by atoms with Crippen molar-refractivity contribution in [1.29, 1.82) is 0 Å².